The lowest BCUT2D eigenvalue weighted by Crippen LogP contribution is -2.33. The minimum atomic E-state index is 0.495. The third-order valence-electron chi connectivity index (χ3n) is 3.81. The number of thioether (sulfide) groups is 1. The summed E-state index contributed by atoms with van der Waals surface area (Å²) < 4.78 is 0. The summed E-state index contributed by atoms with van der Waals surface area (Å²) in [5, 5.41) is 4.18. The Morgan fingerprint density at radius 1 is 1.41 bits per heavy atom. The van der Waals surface area contributed by atoms with Crippen molar-refractivity contribution in [3.05, 3.63) is 29.3 Å². The molecule has 2 aliphatic heterocycles. The lowest BCUT2D eigenvalue weighted by molar-refractivity contribution is 0.512. The van der Waals surface area contributed by atoms with E-state index in [-0.39, 0.29) is 0 Å². The van der Waals surface area contributed by atoms with Gasteiger partial charge in [-0.15, -0.1) is 11.8 Å². The van der Waals surface area contributed by atoms with Gasteiger partial charge in [-0.2, -0.15) is 0 Å². The molecule has 0 aliphatic carbocycles. The van der Waals surface area contributed by atoms with Crippen LogP contribution in [0, 0.1) is 0 Å². The van der Waals surface area contributed by atoms with Gasteiger partial charge < -0.3 is 4.90 Å². The van der Waals surface area contributed by atoms with Gasteiger partial charge >= 0.3 is 0 Å². The highest BCUT2D eigenvalue weighted by atomic mass is 32.2. The van der Waals surface area contributed by atoms with Crippen LogP contribution in [0.25, 0.3) is 0 Å². The van der Waals surface area contributed by atoms with E-state index < -0.39 is 0 Å². The zero-order valence-corrected chi connectivity index (χ0v) is 11.4. The van der Waals surface area contributed by atoms with Gasteiger partial charge in [0.05, 0.1) is 5.37 Å². The van der Waals surface area contributed by atoms with Crippen LogP contribution < -0.4 is 10.2 Å². The Bertz CT molecular complexity index is 419. The second-order valence-corrected chi connectivity index (χ2v) is 6.38. The van der Waals surface area contributed by atoms with Crippen molar-refractivity contribution in [1.29, 1.82) is 0 Å². The van der Waals surface area contributed by atoms with Crippen LogP contribution in [0.4, 0.5) is 5.69 Å². The van der Waals surface area contributed by atoms with Gasteiger partial charge in [-0.3, -0.25) is 5.32 Å². The number of nitrogens with zero attached hydrogens (tertiary/aromatic N) is 1. The maximum atomic E-state index is 3.68. The molecule has 92 valence electrons. The van der Waals surface area contributed by atoms with E-state index in [1.165, 1.54) is 42.0 Å². The van der Waals surface area contributed by atoms with Gasteiger partial charge in [0.1, 0.15) is 0 Å². The van der Waals surface area contributed by atoms with Crippen LogP contribution in [0.15, 0.2) is 18.2 Å². The number of rotatable bonds is 1. The van der Waals surface area contributed by atoms with Gasteiger partial charge in [0.2, 0.25) is 0 Å². The molecule has 0 aromatic heterocycles. The van der Waals surface area contributed by atoms with Crippen LogP contribution in [0.2, 0.25) is 0 Å². The normalized spacial score (nSPS) is 28.2. The summed E-state index contributed by atoms with van der Waals surface area (Å²) in [6, 6.07) is 7.64. The largest absolute Gasteiger partial charge is 0.374 e. The summed E-state index contributed by atoms with van der Waals surface area (Å²) in [6.07, 6.45) is 2.49. The first-order valence-electron chi connectivity index (χ1n) is 6.45. The molecule has 0 saturated carbocycles. The number of benzene rings is 1. The van der Waals surface area contributed by atoms with E-state index in [9.17, 15) is 0 Å². The first-order chi connectivity index (χ1) is 8.24. The Balaban J connectivity index is 1.84. The first-order valence-corrected chi connectivity index (χ1v) is 7.50. The minimum Gasteiger partial charge on any atom is -0.374 e. The third-order valence-corrected chi connectivity index (χ3v) is 5.02. The second kappa shape index (κ2) is 4.54. The molecule has 1 saturated heterocycles. The fourth-order valence-corrected chi connectivity index (χ4v) is 4.09. The Hall–Kier alpha value is -0.670. The van der Waals surface area contributed by atoms with E-state index >= 15 is 0 Å². The SMILES string of the molecule is CC1CCSC(c2ccc3c(c2)CCN3C)N1. The summed E-state index contributed by atoms with van der Waals surface area (Å²) in [4.78, 5) is 2.35. The first kappa shape index (κ1) is 11.4. The quantitative estimate of drug-likeness (QED) is 0.823. The van der Waals surface area contributed by atoms with Crippen LogP contribution in [-0.4, -0.2) is 25.4 Å². The van der Waals surface area contributed by atoms with Gasteiger partial charge in [0.15, 0.2) is 0 Å². The minimum absolute atomic E-state index is 0.495. The summed E-state index contributed by atoms with van der Waals surface area (Å²) in [6.45, 7) is 3.45. The molecule has 2 heterocycles. The third kappa shape index (κ3) is 2.18. The van der Waals surface area contributed by atoms with Crippen molar-refractivity contribution in [2.45, 2.75) is 31.2 Å². The molecule has 2 nitrogen and oxygen atoms in total. The standard InChI is InChI=1S/C14H20N2S/c1-10-6-8-17-14(15-10)12-3-4-13-11(9-12)5-7-16(13)2/h3-4,9-10,14-15H,5-8H2,1-2H3. The van der Waals surface area contributed by atoms with Crippen molar-refractivity contribution < 1.29 is 0 Å². The number of nitrogens with one attached hydrogen (secondary N) is 1. The van der Waals surface area contributed by atoms with Crippen LogP contribution >= 0.6 is 11.8 Å². The molecule has 1 aromatic carbocycles. The molecule has 2 unspecified atom stereocenters. The molecule has 1 fully saturated rings. The molecule has 0 spiro atoms. The Morgan fingerprint density at radius 2 is 2.29 bits per heavy atom. The van der Waals surface area contributed by atoms with Crippen molar-refractivity contribution >= 4 is 17.4 Å². The molecule has 3 heteroatoms. The Kier molecular flexibility index (Phi) is 3.05. The molecule has 0 bridgehead atoms. The predicted octanol–water partition coefficient (Wildman–Crippen LogP) is 2.79. The molecule has 2 atom stereocenters. The maximum absolute atomic E-state index is 3.68. The Labute approximate surface area is 108 Å². The lowest BCUT2D eigenvalue weighted by atomic mass is 10.1. The monoisotopic (exact) mass is 248 g/mol. The summed E-state index contributed by atoms with van der Waals surface area (Å²) in [5.41, 5.74) is 4.39. The fourth-order valence-electron chi connectivity index (χ4n) is 2.69. The van der Waals surface area contributed by atoms with E-state index in [1.807, 2.05) is 11.8 Å². The zero-order chi connectivity index (χ0) is 11.8. The molecule has 17 heavy (non-hydrogen) atoms. The smallest absolute Gasteiger partial charge is 0.0791 e. The molecule has 0 radical (unpaired) electrons. The average Bonchev–Trinajstić information content (AvgIpc) is 2.71. The summed E-state index contributed by atoms with van der Waals surface area (Å²) in [7, 11) is 2.18. The van der Waals surface area contributed by atoms with Crippen LogP contribution in [0.5, 0.6) is 0 Å². The average molecular weight is 248 g/mol. The topological polar surface area (TPSA) is 15.3 Å². The van der Waals surface area contributed by atoms with Crippen LogP contribution in [0.3, 0.4) is 0 Å². The van der Waals surface area contributed by atoms with Gasteiger partial charge in [-0.1, -0.05) is 12.1 Å². The van der Waals surface area contributed by atoms with E-state index in [0.717, 1.165) is 0 Å². The summed E-state index contributed by atoms with van der Waals surface area (Å²) >= 11 is 2.04. The van der Waals surface area contributed by atoms with Crippen molar-refractivity contribution in [1.82, 2.24) is 5.32 Å². The van der Waals surface area contributed by atoms with Gasteiger partial charge in [-0.05, 0) is 42.7 Å². The summed E-state index contributed by atoms with van der Waals surface area (Å²) in [5.74, 6) is 1.27. The molecule has 2 aliphatic rings. The number of anilines is 1. The van der Waals surface area contributed by atoms with Gasteiger partial charge in [0.25, 0.3) is 0 Å². The van der Waals surface area contributed by atoms with Crippen LogP contribution in [-0.2, 0) is 6.42 Å². The van der Waals surface area contributed by atoms with Crippen molar-refractivity contribution in [2.24, 2.45) is 0 Å². The van der Waals surface area contributed by atoms with Gasteiger partial charge in [-0.25, -0.2) is 0 Å². The molecular weight excluding hydrogens is 228 g/mol. The molecule has 1 aromatic rings. The van der Waals surface area contributed by atoms with E-state index in [1.54, 1.807) is 0 Å². The highest BCUT2D eigenvalue weighted by Gasteiger charge is 2.22. The number of likely N-dealkylation sites (N-methyl/N-ethyl adjacent to an activating group) is 1. The van der Waals surface area contributed by atoms with E-state index in [2.05, 4.69) is 42.4 Å². The predicted molar refractivity (Wildman–Crippen MR) is 75.8 cm³/mol. The fraction of sp³-hybridized carbons (Fsp3) is 0.571. The lowest BCUT2D eigenvalue weighted by Gasteiger charge is -2.29. The molecular formula is C14H20N2S. The maximum Gasteiger partial charge on any atom is 0.0791 e. The highest BCUT2D eigenvalue weighted by Crippen LogP contribution is 2.35. The molecule has 1 N–H and O–H groups in total. The van der Waals surface area contributed by atoms with Crippen molar-refractivity contribution in [3.8, 4) is 0 Å². The zero-order valence-electron chi connectivity index (χ0n) is 10.6. The Morgan fingerprint density at radius 3 is 3.12 bits per heavy atom. The van der Waals surface area contributed by atoms with E-state index in [0.29, 0.717) is 11.4 Å². The number of fused-ring (bicyclic) bond motifs is 1. The second-order valence-electron chi connectivity index (χ2n) is 5.17. The highest BCUT2D eigenvalue weighted by molar-refractivity contribution is 7.99. The molecule has 3 rings (SSSR count). The number of hydrogen-bond acceptors (Lipinski definition) is 3. The van der Waals surface area contributed by atoms with Crippen molar-refractivity contribution in [2.75, 3.05) is 24.2 Å². The van der Waals surface area contributed by atoms with E-state index in [4.69, 9.17) is 0 Å². The van der Waals surface area contributed by atoms with Crippen LogP contribution in [0.1, 0.15) is 29.8 Å². The molecule has 0 amide bonds. The van der Waals surface area contributed by atoms with Gasteiger partial charge in [0, 0.05) is 25.3 Å². The number of hydrogen-bond donors (Lipinski definition) is 1. The van der Waals surface area contributed by atoms with Crippen molar-refractivity contribution in [3.63, 3.8) is 0 Å².